The van der Waals surface area contributed by atoms with Crippen molar-refractivity contribution in [2.45, 2.75) is 31.7 Å². The molecule has 0 spiro atoms. The molecule has 5 heteroatoms. The monoisotopic (exact) mass is 390 g/mol. The van der Waals surface area contributed by atoms with Gasteiger partial charge in [0, 0.05) is 18.0 Å². The Labute approximate surface area is 131 Å². The van der Waals surface area contributed by atoms with E-state index in [4.69, 9.17) is 0 Å². The van der Waals surface area contributed by atoms with Crippen LogP contribution in [0.4, 0.5) is 0 Å². The molecule has 1 aliphatic heterocycles. The molecule has 0 aromatic carbocycles. The van der Waals surface area contributed by atoms with Crippen molar-refractivity contribution >= 4 is 39.8 Å². The summed E-state index contributed by atoms with van der Waals surface area (Å²) in [6.07, 6.45) is 4.87. The van der Waals surface area contributed by atoms with E-state index in [2.05, 4.69) is 32.8 Å². The average molecular weight is 390 g/mol. The normalized spacial score (nSPS) is 23.3. The summed E-state index contributed by atoms with van der Waals surface area (Å²) < 4.78 is 1.19. The molecular formula is C14H19IN2OS. The zero-order chi connectivity index (χ0) is 13.2. The Bertz CT molecular complexity index is 452. The van der Waals surface area contributed by atoms with Crippen molar-refractivity contribution in [2.75, 3.05) is 19.6 Å². The van der Waals surface area contributed by atoms with Crippen LogP contribution in [-0.2, 0) is 0 Å². The molecule has 0 bridgehead atoms. The van der Waals surface area contributed by atoms with Crippen LogP contribution in [-0.4, -0.2) is 36.5 Å². The number of rotatable bonds is 4. The van der Waals surface area contributed by atoms with E-state index in [-0.39, 0.29) is 5.91 Å². The van der Waals surface area contributed by atoms with E-state index in [1.807, 2.05) is 11.4 Å². The van der Waals surface area contributed by atoms with Gasteiger partial charge in [0.1, 0.15) is 0 Å². The Kier molecular flexibility index (Phi) is 4.44. The van der Waals surface area contributed by atoms with Crippen molar-refractivity contribution in [1.29, 1.82) is 0 Å². The largest absolute Gasteiger partial charge is 0.335 e. The molecule has 1 aromatic heterocycles. The number of amides is 1. The first kappa shape index (κ1) is 13.8. The molecule has 2 fully saturated rings. The number of hydrogen-bond donors (Lipinski definition) is 1. The molecule has 1 unspecified atom stereocenters. The van der Waals surface area contributed by atoms with Crippen molar-refractivity contribution in [3.63, 3.8) is 0 Å². The lowest BCUT2D eigenvalue weighted by Gasteiger charge is -2.30. The van der Waals surface area contributed by atoms with Gasteiger partial charge in [0.25, 0.3) is 5.91 Å². The van der Waals surface area contributed by atoms with Crippen molar-refractivity contribution in [1.82, 2.24) is 10.2 Å². The quantitative estimate of drug-likeness (QED) is 0.802. The SMILES string of the molecule is O=C(c1csc(I)c1)N(CC1CCCNC1)C1CC1. The van der Waals surface area contributed by atoms with Crippen LogP contribution < -0.4 is 5.32 Å². The van der Waals surface area contributed by atoms with Gasteiger partial charge >= 0.3 is 0 Å². The van der Waals surface area contributed by atoms with Crippen molar-refractivity contribution in [3.8, 4) is 0 Å². The minimum atomic E-state index is 0.243. The van der Waals surface area contributed by atoms with Gasteiger partial charge in [-0.15, -0.1) is 11.3 Å². The molecule has 0 radical (unpaired) electrons. The van der Waals surface area contributed by atoms with Gasteiger partial charge in [-0.05, 0) is 73.3 Å². The number of carbonyl (C=O) groups excluding carboxylic acids is 1. The summed E-state index contributed by atoms with van der Waals surface area (Å²) in [6.45, 7) is 3.14. The molecule has 1 amide bonds. The topological polar surface area (TPSA) is 32.3 Å². The smallest absolute Gasteiger partial charge is 0.254 e. The summed E-state index contributed by atoms with van der Waals surface area (Å²) in [7, 11) is 0. The standard InChI is InChI=1S/C14H19IN2OS/c15-13-6-11(9-19-13)14(18)17(12-3-4-12)8-10-2-1-5-16-7-10/h6,9-10,12,16H,1-5,7-8H2. The first-order valence-corrected chi connectivity index (χ1v) is 8.95. The maximum absolute atomic E-state index is 12.6. The van der Waals surface area contributed by atoms with E-state index < -0.39 is 0 Å². The van der Waals surface area contributed by atoms with Gasteiger partial charge in [-0.2, -0.15) is 0 Å². The lowest BCUT2D eigenvalue weighted by Crippen LogP contribution is -2.42. The molecule has 2 heterocycles. The number of nitrogens with one attached hydrogen (secondary N) is 1. The number of carbonyl (C=O) groups is 1. The Morgan fingerprint density at radius 2 is 2.32 bits per heavy atom. The van der Waals surface area contributed by atoms with Crippen LogP contribution in [0, 0.1) is 8.80 Å². The molecule has 1 aromatic rings. The molecule has 1 saturated heterocycles. The van der Waals surface area contributed by atoms with Crippen molar-refractivity contribution in [3.05, 3.63) is 19.9 Å². The highest BCUT2D eigenvalue weighted by atomic mass is 127. The van der Waals surface area contributed by atoms with E-state index in [0.29, 0.717) is 12.0 Å². The molecule has 1 saturated carbocycles. The Morgan fingerprint density at radius 3 is 2.89 bits per heavy atom. The van der Waals surface area contributed by atoms with E-state index >= 15 is 0 Å². The van der Waals surface area contributed by atoms with Gasteiger partial charge in [-0.25, -0.2) is 0 Å². The summed E-state index contributed by atoms with van der Waals surface area (Å²) in [4.78, 5) is 14.8. The van der Waals surface area contributed by atoms with Crippen LogP contribution >= 0.6 is 33.9 Å². The number of thiophene rings is 1. The van der Waals surface area contributed by atoms with Crippen LogP contribution in [0.15, 0.2) is 11.4 Å². The highest BCUT2D eigenvalue weighted by molar-refractivity contribution is 14.1. The third-order valence-electron chi connectivity index (χ3n) is 3.92. The van der Waals surface area contributed by atoms with Crippen LogP contribution in [0.25, 0.3) is 0 Å². The number of halogens is 1. The maximum atomic E-state index is 12.6. The van der Waals surface area contributed by atoms with E-state index in [9.17, 15) is 4.79 Å². The molecule has 104 valence electrons. The average Bonchev–Trinajstić information content (AvgIpc) is 3.18. The maximum Gasteiger partial charge on any atom is 0.254 e. The second-order valence-corrected chi connectivity index (χ2v) is 8.35. The van der Waals surface area contributed by atoms with Gasteiger partial charge in [0.15, 0.2) is 0 Å². The highest BCUT2D eigenvalue weighted by Gasteiger charge is 2.34. The third-order valence-corrected chi connectivity index (χ3v) is 5.71. The van der Waals surface area contributed by atoms with Gasteiger partial charge in [-0.3, -0.25) is 4.79 Å². The summed E-state index contributed by atoms with van der Waals surface area (Å²) in [5.74, 6) is 0.878. The van der Waals surface area contributed by atoms with Gasteiger partial charge in [0.2, 0.25) is 0 Å². The lowest BCUT2D eigenvalue weighted by molar-refractivity contribution is 0.0704. The summed E-state index contributed by atoms with van der Waals surface area (Å²) in [5.41, 5.74) is 0.880. The molecular weight excluding hydrogens is 371 g/mol. The summed E-state index contributed by atoms with van der Waals surface area (Å²) >= 11 is 3.94. The highest BCUT2D eigenvalue weighted by Crippen LogP contribution is 2.31. The van der Waals surface area contributed by atoms with E-state index in [0.717, 1.165) is 25.2 Å². The number of hydrogen-bond acceptors (Lipinski definition) is 3. The molecule has 1 atom stereocenters. The predicted molar refractivity (Wildman–Crippen MR) is 86.7 cm³/mol. The Balaban J connectivity index is 1.68. The van der Waals surface area contributed by atoms with Gasteiger partial charge in [-0.1, -0.05) is 0 Å². The Morgan fingerprint density at radius 1 is 1.47 bits per heavy atom. The molecule has 3 rings (SSSR count). The third kappa shape index (κ3) is 3.49. The molecule has 2 aliphatic rings. The van der Waals surface area contributed by atoms with E-state index in [1.54, 1.807) is 11.3 Å². The molecule has 19 heavy (non-hydrogen) atoms. The molecule has 1 aliphatic carbocycles. The lowest BCUT2D eigenvalue weighted by atomic mass is 9.98. The van der Waals surface area contributed by atoms with Gasteiger partial charge in [0.05, 0.1) is 8.45 Å². The summed E-state index contributed by atoms with van der Waals surface area (Å²) in [5, 5.41) is 5.44. The zero-order valence-corrected chi connectivity index (χ0v) is 13.9. The molecule has 3 nitrogen and oxygen atoms in total. The molecule has 1 N–H and O–H groups in total. The predicted octanol–water partition coefficient (Wildman–Crippen LogP) is 2.96. The minimum Gasteiger partial charge on any atom is -0.335 e. The second-order valence-electron chi connectivity index (χ2n) is 5.54. The fourth-order valence-electron chi connectivity index (χ4n) is 2.73. The number of piperidine rings is 1. The van der Waals surface area contributed by atoms with Crippen LogP contribution in [0.5, 0.6) is 0 Å². The van der Waals surface area contributed by atoms with Crippen molar-refractivity contribution in [2.24, 2.45) is 5.92 Å². The fraction of sp³-hybridized carbons (Fsp3) is 0.643. The summed E-state index contributed by atoms with van der Waals surface area (Å²) in [6, 6.07) is 2.52. The number of nitrogens with zero attached hydrogens (tertiary/aromatic N) is 1. The van der Waals surface area contributed by atoms with Crippen molar-refractivity contribution < 1.29 is 4.79 Å². The fourth-order valence-corrected chi connectivity index (χ4v) is 4.05. The van der Waals surface area contributed by atoms with Crippen LogP contribution in [0.2, 0.25) is 0 Å². The van der Waals surface area contributed by atoms with Crippen LogP contribution in [0.3, 0.4) is 0 Å². The van der Waals surface area contributed by atoms with E-state index in [1.165, 1.54) is 28.6 Å². The Hall–Kier alpha value is -0.140. The van der Waals surface area contributed by atoms with Crippen LogP contribution in [0.1, 0.15) is 36.0 Å². The zero-order valence-electron chi connectivity index (χ0n) is 10.9. The second kappa shape index (κ2) is 6.10. The minimum absolute atomic E-state index is 0.243. The first-order chi connectivity index (χ1) is 9.24. The first-order valence-electron chi connectivity index (χ1n) is 7.00. The van der Waals surface area contributed by atoms with Gasteiger partial charge < -0.3 is 10.2 Å².